The van der Waals surface area contributed by atoms with Crippen molar-refractivity contribution in [3.8, 4) is 6.07 Å². The maximum absolute atomic E-state index is 12.1. The van der Waals surface area contributed by atoms with Crippen LogP contribution in [-0.2, 0) is 22.6 Å². The average Bonchev–Trinajstić information content (AvgIpc) is 3.04. The summed E-state index contributed by atoms with van der Waals surface area (Å²) < 4.78 is 7.23. The van der Waals surface area contributed by atoms with Gasteiger partial charge in [-0.3, -0.25) is 9.59 Å². The van der Waals surface area contributed by atoms with Crippen LogP contribution in [0.2, 0.25) is 0 Å². The molecule has 0 atom stereocenters. The van der Waals surface area contributed by atoms with Gasteiger partial charge in [-0.25, -0.2) is 4.98 Å². The van der Waals surface area contributed by atoms with Crippen LogP contribution >= 0.6 is 0 Å². The maximum atomic E-state index is 12.1. The molecule has 138 valence electrons. The molecular weight excluding hydrogens is 344 g/mol. The highest BCUT2D eigenvalue weighted by molar-refractivity contribution is 5.70. The molecule has 27 heavy (non-hydrogen) atoms. The molecular formula is C20H20N4O3. The van der Waals surface area contributed by atoms with Gasteiger partial charge < -0.3 is 14.1 Å². The number of hydrogen-bond donors (Lipinski definition) is 1. The van der Waals surface area contributed by atoms with Gasteiger partial charge in [0.25, 0.3) is 5.56 Å². The van der Waals surface area contributed by atoms with Crippen LogP contribution in [0.3, 0.4) is 0 Å². The summed E-state index contributed by atoms with van der Waals surface area (Å²) in [4.78, 5) is 31.0. The Morgan fingerprint density at radius 2 is 2.15 bits per heavy atom. The van der Waals surface area contributed by atoms with E-state index in [2.05, 4.69) is 9.97 Å². The molecule has 7 heteroatoms. The summed E-state index contributed by atoms with van der Waals surface area (Å²) in [7, 11) is 0. The number of ether oxygens (including phenoxy) is 1. The fourth-order valence-electron chi connectivity index (χ4n) is 3.15. The van der Waals surface area contributed by atoms with E-state index < -0.39 is 5.56 Å². The number of nitriles is 1. The van der Waals surface area contributed by atoms with Crippen molar-refractivity contribution in [2.45, 2.75) is 40.2 Å². The fraction of sp³-hybridized carbons (Fsp3) is 0.300. The van der Waals surface area contributed by atoms with Gasteiger partial charge in [-0.1, -0.05) is 6.07 Å². The average molecular weight is 364 g/mol. The summed E-state index contributed by atoms with van der Waals surface area (Å²) >= 11 is 0. The minimum atomic E-state index is -0.402. The predicted molar refractivity (Wildman–Crippen MR) is 99.3 cm³/mol. The van der Waals surface area contributed by atoms with Crippen molar-refractivity contribution in [2.75, 3.05) is 0 Å². The van der Waals surface area contributed by atoms with Crippen molar-refractivity contribution in [3.05, 3.63) is 68.5 Å². The van der Waals surface area contributed by atoms with E-state index in [0.717, 1.165) is 16.8 Å². The lowest BCUT2D eigenvalue weighted by Crippen LogP contribution is -2.17. The van der Waals surface area contributed by atoms with Crippen LogP contribution in [0.15, 0.2) is 29.3 Å². The number of aryl methyl sites for hydroxylation is 2. The molecule has 0 fully saturated rings. The second kappa shape index (κ2) is 7.46. The summed E-state index contributed by atoms with van der Waals surface area (Å²) in [6.07, 6.45) is 4.29. The van der Waals surface area contributed by atoms with Crippen LogP contribution in [0.5, 0.6) is 0 Å². The summed E-state index contributed by atoms with van der Waals surface area (Å²) in [5.74, 6) is -0.354. The molecule has 3 aromatic rings. The molecule has 7 nitrogen and oxygen atoms in total. The zero-order valence-corrected chi connectivity index (χ0v) is 15.5. The van der Waals surface area contributed by atoms with E-state index in [1.807, 2.05) is 41.9 Å². The second-order valence-corrected chi connectivity index (χ2v) is 6.48. The predicted octanol–water partition coefficient (Wildman–Crippen LogP) is 2.50. The van der Waals surface area contributed by atoms with Gasteiger partial charge in [0.2, 0.25) is 0 Å². The third-order valence-corrected chi connectivity index (χ3v) is 4.61. The Kier molecular flexibility index (Phi) is 5.08. The van der Waals surface area contributed by atoms with E-state index >= 15 is 0 Å². The topological polar surface area (TPSA) is 100 Å². The number of nitrogens with one attached hydrogen (secondary N) is 1. The SMILES string of the molecule is Cc1[nH]c(=O)c(C#N)c(C)c1CCC(=O)OCc1cn2cccc(C)c2n1. The fourth-order valence-corrected chi connectivity index (χ4v) is 3.15. The zero-order chi connectivity index (χ0) is 19.6. The largest absolute Gasteiger partial charge is 0.459 e. The smallest absolute Gasteiger partial charge is 0.306 e. The summed E-state index contributed by atoms with van der Waals surface area (Å²) in [6, 6.07) is 5.82. The van der Waals surface area contributed by atoms with Crippen molar-refractivity contribution in [1.29, 1.82) is 5.26 Å². The molecule has 0 amide bonds. The van der Waals surface area contributed by atoms with Crippen molar-refractivity contribution >= 4 is 11.6 Å². The lowest BCUT2D eigenvalue weighted by Gasteiger charge is -2.10. The highest BCUT2D eigenvalue weighted by atomic mass is 16.5. The Balaban J connectivity index is 1.64. The van der Waals surface area contributed by atoms with Crippen molar-refractivity contribution < 1.29 is 9.53 Å². The lowest BCUT2D eigenvalue weighted by atomic mass is 9.99. The van der Waals surface area contributed by atoms with Gasteiger partial charge in [-0.2, -0.15) is 5.26 Å². The van der Waals surface area contributed by atoms with Gasteiger partial charge in [0.1, 0.15) is 23.9 Å². The van der Waals surface area contributed by atoms with Crippen molar-refractivity contribution in [1.82, 2.24) is 14.4 Å². The number of imidazole rings is 1. The highest BCUT2D eigenvalue weighted by Gasteiger charge is 2.14. The monoisotopic (exact) mass is 364 g/mol. The van der Waals surface area contributed by atoms with Gasteiger partial charge in [-0.15, -0.1) is 0 Å². The number of aromatic nitrogens is 3. The molecule has 3 rings (SSSR count). The normalized spacial score (nSPS) is 10.7. The summed E-state index contributed by atoms with van der Waals surface area (Å²) in [5.41, 5.74) is 4.33. The Morgan fingerprint density at radius 1 is 1.37 bits per heavy atom. The van der Waals surface area contributed by atoms with Crippen LogP contribution in [0.4, 0.5) is 0 Å². The van der Waals surface area contributed by atoms with Crippen LogP contribution < -0.4 is 5.56 Å². The zero-order valence-electron chi connectivity index (χ0n) is 15.5. The first-order valence-electron chi connectivity index (χ1n) is 8.62. The molecule has 3 heterocycles. The minimum absolute atomic E-state index is 0.0871. The number of nitrogens with zero attached hydrogens (tertiary/aromatic N) is 3. The molecule has 0 saturated heterocycles. The Labute approximate surface area is 156 Å². The Morgan fingerprint density at radius 3 is 2.85 bits per heavy atom. The lowest BCUT2D eigenvalue weighted by molar-refractivity contribution is -0.145. The molecule has 0 aliphatic heterocycles. The number of aromatic amines is 1. The van der Waals surface area contributed by atoms with Crippen LogP contribution in [0.1, 0.15) is 40.1 Å². The minimum Gasteiger partial charge on any atom is -0.459 e. The molecule has 0 saturated carbocycles. The van der Waals surface area contributed by atoms with Crippen molar-refractivity contribution in [2.24, 2.45) is 0 Å². The quantitative estimate of drug-likeness (QED) is 0.701. The van der Waals surface area contributed by atoms with Crippen LogP contribution in [-0.4, -0.2) is 20.3 Å². The molecule has 0 bridgehead atoms. The maximum Gasteiger partial charge on any atom is 0.306 e. The number of fused-ring (bicyclic) bond motifs is 1. The number of hydrogen-bond acceptors (Lipinski definition) is 5. The number of carbonyl (C=O) groups excluding carboxylic acids is 1. The van der Waals surface area contributed by atoms with Crippen LogP contribution in [0.25, 0.3) is 5.65 Å². The number of carbonyl (C=O) groups is 1. The van der Waals surface area contributed by atoms with E-state index in [9.17, 15) is 9.59 Å². The van der Waals surface area contributed by atoms with Crippen molar-refractivity contribution in [3.63, 3.8) is 0 Å². The number of H-pyrrole nitrogens is 1. The second-order valence-electron chi connectivity index (χ2n) is 6.48. The van der Waals surface area contributed by atoms with E-state index in [1.54, 1.807) is 13.8 Å². The van der Waals surface area contributed by atoms with Gasteiger partial charge in [0.15, 0.2) is 0 Å². The Bertz CT molecular complexity index is 1120. The Hall–Kier alpha value is -3.40. The number of rotatable bonds is 5. The van der Waals surface area contributed by atoms with Gasteiger partial charge in [-0.05, 0) is 49.9 Å². The molecule has 1 N–H and O–H groups in total. The molecule has 0 unspecified atom stereocenters. The van der Waals surface area contributed by atoms with Gasteiger partial charge in [0.05, 0.1) is 5.69 Å². The molecule has 0 aromatic carbocycles. The highest BCUT2D eigenvalue weighted by Crippen LogP contribution is 2.16. The molecule has 0 aliphatic rings. The van der Waals surface area contributed by atoms with E-state index in [0.29, 0.717) is 23.4 Å². The van der Waals surface area contributed by atoms with Gasteiger partial charge >= 0.3 is 5.97 Å². The van der Waals surface area contributed by atoms with Crippen LogP contribution in [0, 0.1) is 32.1 Å². The number of pyridine rings is 2. The van der Waals surface area contributed by atoms with E-state index in [-0.39, 0.29) is 24.6 Å². The third-order valence-electron chi connectivity index (χ3n) is 4.61. The summed E-state index contributed by atoms with van der Waals surface area (Å²) in [5, 5.41) is 9.11. The molecule has 3 aromatic heterocycles. The third kappa shape index (κ3) is 3.75. The standard InChI is InChI=1S/C20H20N4O3/c1-12-5-4-8-24-10-15(23-19(12)24)11-27-18(25)7-6-16-13(2)17(9-21)20(26)22-14(16)3/h4-5,8,10H,6-7,11H2,1-3H3,(H,22,26). The molecule has 0 radical (unpaired) electrons. The first-order valence-corrected chi connectivity index (χ1v) is 8.62. The molecule has 0 aliphatic carbocycles. The molecule has 0 spiro atoms. The first kappa shape index (κ1) is 18.4. The number of esters is 1. The van der Waals surface area contributed by atoms with E-state index in [4.69, 9.17) is 10.00 Å². The summed E-state index contributed by atoms with van der Waals surface area (Å²) in [6.45, 7) is 5.56. The van der Waals surface area contributed by atoms with E-state index in [1.165, 1.54) is 0 Å². The van der Waals surface area contributed by atoms with Gasteiger partial charge in [0, 0.05) is 24.5 Å². The first-order chi connectivity index (χ1) is 12.9.